The molecule has 0 saturated heterocycles. The molecule has 0 N–H and O–H groups in total. The van der Waals surface area contributed by atoms with E-state index in [0.29, 0.717) is 0 Å². The molecule has 0 heterocycles. The van der Waals surface area contributed by atoms with Gasteiger partial charge in [0.1, 0.15) is 0 Å². The monoisotopic (exact) mass is 211 g/mol. The molecule has 7 heavy (non-hydrogen) atoms. The molecule has 0 amide bonds. The van der Waals surface area contributed by atoms with Gasteiger partial charge in [0.05, 0.1) is 0 Å². The molecule has 0 aromatic rings. The molecule has 0 atom stereocenters. The fraction of sp³-hybridized carbons (Fsp3) is 1.00. The van der Waals surface area contributed by atoms with Gasteiger partial charge in [-0.3, -0.25) is 9.49 Å². The smallest absolute Gasteiger partial charge is 0.0317 e. The van der Waals surface area contributed by atoms with Gasteiger partial charge < -0.3 is 0 Å². The maximum Gasteiger partial charge on any atom is 0.0317 e. The molecule has 0 aromatic carbocycles. The van der Waals surface area contributed by atoms with E-state index in [0.717, 1.165) is 0 Å². The van der Waals surface area contributed by atoms with Gasteiger partial charge in [-0.1, -0.05) is 0 Å². The summed E-state index contributed by atoms with van der Waals surface area (Å²) in [6, 6.07) is 0. The van der Waals surface area contributed by atoms with Crippen LogP contribution >= 0.6 is 18.1 Å². The van der Waals surface area contributed by atoms with Crippen LogP contribution in [0.25, 0.3) is 0 Å². The first-order chi connectivity index (χ1) is 2.83. The average molecular weight is 211 g/mol. The number of hydrogen-bond donors (Lipinski definition) is 0. The first kappa shape index (κ1) is 15.7. The topological polar surface area (TPSA) is 24.7 Å². The zero-order valence-corrected chi connectivity index (χ0v) is 9.31. The third-order valence-electron chi connectivity index (χ3n) is 0. The van der Waals surface area contributed by atoms with Crippen LogP contribution in [0.1, 0.15) is 0 Å². The van der Waals surface area contributed by atoms with Crippen LogP contribution in [0, 0.1) is 0 Å². The molecule has 1 radical (unpaired) electrons. The van der Waals surface area contributed by atoms with Crippen LogP contribution in [0.4, 0.5) is 0 Å². The predicted molar refractivity (Wildman–Crippen MR) is 33.3 cm³/mol. The summed E-state index contributed by atoms with van der Waals surface area (Å²) in [5.74, 6) is 0. The molecule has 0 aliphatic carbocycles. The molecule has 0 saturated carbocycles. The molecule has 0 spiro atoms. The van der Waals surface area contributed by atoms with Crippen LogP contribution in [0.3, 0.4) is 0 Å². The summed E-state index contributed by atoms with van der Waals surface area (Å²) in [6.07, 6.45) is 0. The van der Waals surface area contributed by atoms with Crippen LogP contribution < -0.4 is 0 Å². The Morgan fingerprint density at radius 1 is 1.00 bits per heavy atom. The van der Waals surface area contributed by atoms with Gasteiger partial charge in [-0.15, -0.1) is 0 Å². The van der Waals surface area contributed by atoms with E-state index in [1.165, 1.54) is 0 Å². The molecule has 5 heteroatoms. The third kappa shape index (κ3) is 121. The second-order valence-electron chi connectivity index (χ2n) is 0.447. The van der Waals surface area contributed by atoms with Crippen LogP contribution in [0.15, 0.2) is 9.49 Å². The van der Waals surface area contributed by atoms with E-state index >= 15 is 0 Å². The molecular weight excluding hydrogens is 203 g/mol. The Bertz CT molecular complexity index is 34.7. The summed E-state index contributed by atoms with van der Waals surface area (Å²) < 4.78 is 6.61. The van der Waals surface area contributed by atoms with Crippen molar-refractivity contribution in [2.24, 2.45) is 9.49 Å². The first-order valence-corrected chi connectivity index (χ1v) is 2.24. The Morgan fingerprint density at radius 2 is 1.00 bits per heavy atom. The number of nitrogens with zero attached hydrogens (tertiary/aromatic N) is 2. The van der Waals surface area contributed by atoms with Crippen molar-refractivity contribution in [1.82, 2.24) is 0 Å². The molecule has 0 bridgehead atoms. The van der Waals surface area contributed by atoms with Gasteiger partial charge in [-0.25, -0.2) is 0 Å². The minimum absolute atomic E-state index is 0. The molecule has 0 rings (SSSR count). The molecular formula is C2H8N2P2Y. The maximum absolute atomic E-state index is 3.31. The van der Waals surface area contributed by atoms with E-state index in [1.807, 2.05) is 0 Å². The Balaban J connectivity index is -0.0000000400. The van der Waals surface area contributed by atoms with Gasteiger partial charge >= 0.3 is 0 Å². The summed E-state index contributed by atoms with van der Waals surface area (Å²) in [6.45, 7) is 0. The number of hydrogen-bond acceptors (Lipinski definition) is 2. The molecule has 0 unspecified atom stereocenters. The number of rotatable bonds is 0. The fourth-order valence-corrected chi connectivity index (χ4v) is 0. The standard InChI is InChI=1S/2CH4NP.Y/c2*1-2-3;/h2*3H,1H3;. The SMILES string of the molecule is CN=P.CN=P.[Y]. The quantitative estimate of drug-likeness (QED) is 0.546. The second kappa shape index (κ2) is 26.6. The fourth-order valence-electron chi connectivity index (χ4n) is 0. The Labute approximate surface area is 74.0 Å². The van der Waals surface area contributed by atoms with Crippen molar-refractivity contribution in [2.45, 2.75) is 0 Å². The van der Waals surface area contributed by atoms with E-state index in [9.17, 15) is 0 Å². The summed E-state index contributed by atoms with van der Waals surface area (Å²) in [7, 11) is 8.94. The van der Waals surface area contributed by atoms with Crippen LogP contribution in [-0.4, -0.2) is 14.1 Å². The van der Waals surface area contributed by atoms with Gasteiger partial charge in [0, 0.05) is 46.8 Å². The molecule has 0 fully saturated rings. The first-order valence-electron chi connectivity index (χ1n) is 1.34. The van der Waals surface area contributed by atoms with Crippen molar-refractivity contribution < 1.29 is 32.7 Å². The van der Waals surface area contributed by atoms with E-state index < -0.39 is 0 Å². The predicted octanol–water partition coefficient (Wildman–Crippen LogP) is 1.88. The Morgan fingerprint density at radius 3 is 1.00 bits per heavy atom. The summed E-state index contributed by atoms with van der Waals surface area (Å²) in [5, 5.41) is 0. The Kier molecular flexibility index (Phi) is 59.8. The van der Waals surface area contributed by atoms with Gasteiger partial charge in [0.2, 0.25) is 0 Å². The van der Waals surface area contributed by atoms with Crippen molar-refractivity contribution in [2.75, 3.05) is 14.1 Å². The summed E-state index contributed by atoms with van der Waals surface area (Å²) >= 11 is 0. The van der Waals surface area contributed by atoms with Crippen LogP contribution in [-0.2, 0) is 32.7 Å². The van der Waals surface area contributed by atoms with Crippen molar-refractivity contribution in [1.29, 1.82) is 0 Å². The average Bonchev–Trinajstić information content (AvgIpc) is 1.39. The van der Waals surface area contributed by atoms with Crippen molar-refractivity contribution in [3.05, 3.63) is 0 Å². The molecule has 2 nitrogen and oxygen atoms in total. The normalized spacial score (nSPS) is 3.71. The van der Waals surface area contributed by atoms with Gasteiger partial charge in [-0.2, -0.15) is 0 Å². The third-order valence-corrected chi connectivity index (χ3v) is 0. The van der Waals surface area contributed by atoms with Crippen LogP contribution in [0.2, 0.25) is 0 Å². The van der Waals surface area contributed by atoms with E-state index in [2.05, 4.69) is 27.6 Å². The summed E-state index contributed by atoms with van der Waals surface area (Å²) in [4.78, 5) is 0. The van der Waals surface area contributed by atoms with Crippen molar-refractivity contribution in [3.63, 3.8) is 0 Å². The minimum Gasteiger partial charge on any atom is -0.275 e. The van der Waals surface area contributed by atoms with Crippen LogP contribution in [0.5, 0.6) is 0 Å². The maximum atomic E-state index is 3.31. The minimum atomic E-state index is 0. The van der Waals surface area contributed by atoms with Crippen molar-refractivity contribution in [3.8, 4) is 0 Å². The Hall–Kier alpha value is 1.30. The molecule has 0 aromatic heterocycles. The molecule has 39 valence electrons. The van der Waals surface area contributed by atoms with Crippen molar-refractivity contribution >= 4 is 18.1 Å². The van der Waals surface area contributed by atoms with Gasteiger partial charge in [-0.05, 0) is 18.1 Å². The van der Waals surface area contributed by atoms with E-state index in [-0.39, 0.29) is 32.7 Å². The second-order valence-corrected chi connectivity index (χ2v) is 1.34. The molecule has 0 aliphatic heterocycles. The van der Waals surface area contributed by atoms with E-state index in [4.69, 9.17) is 0 Å². The largest absolute Gasteiger partial charge is 0.275 e. The van der Waals surface area contributed by atoms with Gasteiger partial charge in [0.15, 0.2) is 0 Å². The van der Waals surface area contributed by atoms with E-state index in [1.54, 1.807) is 14.1 Å². The zero-order valence-electron chi connectivity index (χ0n) is 4.47. The van der Waals surface area contributed by atoms with Gasteiger partial charge in [0.25, 0.3) is 0 Å². The zero-order chi connectivity index (χ0) is 5.41. The summed E-state index contributed by atoms with van der Waals surface area (Å²) in [5.41, 5.74) is 0. The molecule has 0 aliphatic rings.